The maximum absolute atomic E-state index is 12.3. The molecule has 0 spiro atoms. The third-order valence-corrected chi connectivity index (χ3v) is 5.08. The highest BCUT2D eigenvalue weighted by Gasteiger charge is 2.37. The fourth-order valence-electron chi connectivity index (χ4n) is 2.45. The maximum atomic E-state index is 12.3. The number of urea groups is 1. The van der Waals surface area contributed by atoms with Crippen molar-refractivity contribution in [1.29, 1.82) is 0 Å². The van der Waals surface area contributed by atoms with Gasteiger partial charge in [0.1, 0.15) is 0 Å². The Bertz CT molecular complexity index is 609. The van der Waals surface area contributed by atoms with E-state index in [-0.39, 0.29) is 12.1 Å². The van der Waals surface area contributed by atoms with Gasteiger partial charge in [-0.05, 0) is 42.8 Å². The van der Waals surface area contributed by atoms with Crippen molar-refractivity contribution in [3.8, 4) is 0 Å². The second-order valence-corrected chi connectivity index (χ2v) is 6.86. The largest absolute Gasteiger partial charge is 0.466 e. The molecule has 0 fully saturated rings. The van der Waals surface area contributed by atoms with Gasteiger partial charge in [0.2, 0.25) is 0 Å². The van der Waals surface area contributed by atoms with Crippen LogP contribution in [0.15, 0.2) is 27.2 Å². The van der Waals surface area contributed by atoms with Gasteiger partial charge in [0.15, 0.2) is 0 Å². The highest BCUT2D eigenvalue weighted by Crippen LogP contribution is 2.36. The molecule has 0 radical (unpaired) electrons. The predicted molar refractivity (Wildman–Crippen MR) is 85.0 cm³/mol. The lowest BCUT2D eigenvalue weighted by molar-refractivity contribution is -0.136. The highest BCUT2D eigenvalue weighted by atomic mass is 79.9. The summed E-state index contributed by atoms with van der Waals surface area (Å²) in [5, 5.41) is 4.81. The van der Waals surface area contributed by atoms with Gasteiger partial charge in [-0.1, -0.05) is 0 Å². The van der Waals surface area contributed by atoms with Gasteiger partial charge in [0.25, 0.3) is 0 Å². The third kappa shape index (κ3) is 2.98. The second kappa shape index (κ2) is 6.19. The monoisotopic (exact) mass is 372 g/mol. The molecule has 5 nitrogen and oxygen atoms in total. The number of hydrogen-bond acceptors (Lipinski definition) is 4. The van der Waals surface area contributed by atoms with E-state index in [0.717, 1.165) is 9.35 Å². The van der Waals surface area contributed by atoms with Gasteiger partial charge in [-0.15, -0.1) is 11.3 Å². The number of esters is 1. The van der Waals surface area contributed by atoms with E-state index in [9.17, 15) is 9.59 Å². The zero-order valence-corrected chi connectivity index (χ0v) is 14.7. The molecule has 1 aliphatic heterocycles. The van der Waals surface area contributed by atoms with E-state index in [4.69, 9.17) is 4.74 Å². The number of thiophene rings is 1. The summed E-state index contributed by atoms with van der Waals surface area (Å²) in [5.41, 5.74) is 1.11. The van der Waals surface area contributed by atoms with Crippen molar-refractivity contribution in [2.75, 3.05) is 7.11 Å². The van der Waals surface area contributed by atoms with Gasteiger partial charge in [0, 0.05) is 26.5 Å². The molecule has 7 heteroatoms. The minimum absolute atomic E-state index is 0.0410. The number of nitrogens with one attached hydrogen (secondary N) is 1. The van der Waals surface area contributed by atoms with Crippen LogP contribution in [-0.2, 0) is 9.53 Å². The summed E-state index contributed by atoms with van der Waals surface area (Å²) in [7, 11) is 1.35. The Morgan fingerprint density at radius 3 is 2.67 bits per heavy atom. The number of carbonyl (C=O) groups is 2. The van der Waals surface area contributed by atoms with Crippen LogP contribution in [0.3, 0.4) is 0 Å². The molecule has 2 rings (SSSR count). The normalized spacial score (nSPS) is 19.0. The quantitative estimate of drug-likeness (QED) is 0.826. The van der Waals surface area contributed by atoms with Crippen LogP contribution in [0.2, 0.25) is 0 Å². The first kappa shape index (κ1) is 16.0. The number of methoxy groups -OCH3 is 1. The lowest BCUT2D eigenvalue weighted by atomic mass is 10.00. The number of rotatable bonds is 3. The van der Waals surface area contributed by atoms with Gasteiger partial charge in [-0.2, -0.15) is 0 Å². The fourth-order valence-corrected chi connectivity index (χ4v) is 3.95. The van der Waals surface area contributed by atoms with Crippen LogP contribution in [0.1, 0.15) is 31.7 Å². The molecule has 114 valence electrons. The number of ether oxygens (including phenoxy) is 1. The van der Waals surface area contributed by atoms with Crippen molar-refractivity contribution < 1.29 is 14.3 Å². The van der Waals surface area contributed by atoms with Crippen LogP contribution in [0.25, 0.3) is 0 Å². The van der Waals surface area contributed by atoms with Crippen molar-refractivity contribution in [2.24, 2.45) is 0 Å². The molecule has 1 atom stereocenters. The molecule has 0 bridgehead atoms. The standard InChI is InChI=1S/C14H17BrN2O3S/c1-7(2)17-8(3)11(13(18)20-4)12(16-14(17)19)10-5-9(15)6-21-10/h5-7,12H,1-4H3,(H,16,19)/t12-/m1/s1. The number of nitrogens with zero attached hydrogens (tertiary/aromatic N) is 1. The highest BCUT2D eigenvalue weighted by molar-refractivity contribution is 9.10. The van der Waals surface area contributed by atoms with Gasteiger partial charge in [-0.3, -0.25) is 4.90 Å². The topological polar surface area (TPSA) is 58.6 Å². The van der Waals surface area contributed by atoms with E-state index in [1.807, 2.05) is 25.3 Å². The third-order valence-electron chi connectivity index (χ3n) is 3.32. The SMILES string of the molecule is COC(=O)C1=C(C)N(C(C)C)C(=O)N[C@@H]1c1cc(Br)cs1. The predicted octanol–water partition coefficient (Wildman–Crippen LogP) is 3.43. The van der Waals surface area contributed by atoms with Crippen LogP contribution in [0.5, 0.6) is 0 Å². The van der Waals surface area contributed by atoms with Gasteiger partial charge >= 0.3 is 12.0 Å². The first-order valence-electron chi connectivity index (χ1n) is 6.49. The van der Waals surface area contributed by atoms with Gasteiger partial charge < -0.3 is 10.1 Å². The number of halogens is 1. The zero-order chi connectivity index (χ0) is 15.7. The Hall–Kier alpha value is -1.34. The van der Waals surface area contributed by atoms with E-state index in [2.05, 4.69) is 21.2 Å². The van der Waals surface area contributed by atoms with E-state index in [0.29, 0.717) is 11.3 Å². The summed E-state index contributed by atoms with van der Waals surface area (Å²) in [5.74, 6) is -0.423. The summed E-state index contributed by atoms with van der Waals surface area (Å²) >= 11 is 4.87. The average Bonchev–Trinajstić information content (AvgIpc) is 2.83. The summed E-state index contributed by atoms with van der Waals surface area (Å²) in [4.78, 5) is 27.0. The number of hydrogen-bond donors (Lipinski definition) is 1. The molecule has 2 heterocycles. The van der Waals surface area contributed by atoms with Crippen molar-refractivity contribution in [2.45, 2.75) is 32.9 Å². The van der Waals surface area contributed by atoms with Crippen LogP contribution in [-0.4, -0.2) is 30.1 Å². The molecular formula is C14H17BrN2O3S. The molecule has 0 aliphatic carbocycles. The molecule has 0 aromatic carbocycles. The molecule has 1 aliphatic rings. The van der Waals surface area contributed by atoms with E-state index < -0.39 is 12.0 Å². The summed E-state index contributed by atoms with van der Waals surface area (Å²) in [6.07, 6.45) is 0. The molecule has 0 unspecified atom stereocenters. The van der Waals surface area contributed by atoms with Crippen LogP contribution >= 0.6 is 27.3 Å². The Morgan fingerprint density at radius 1 is 1.52 bits per heavy atom. The first-order valence-corrected chi connectivity index (χ1v) is 8.16. The lowest BCUT2D eigenvalue weighted by Crippen LogP contribution is -2.50. The molecular weight excluding hydrogens is 356 g/mol. The minimum atomic E-state index is -0.476. The molecule has 1 N–H and O–H groups in total. The number of allylic oxidation sites excluding steroid dienone is 1. The molecule has 21 heavy (non-hydrogen) atoms. The van der Waals surface area contributed by atoms with Crippen molar-refractivity contribution >= 4 is 39.3 Å². The maximum Gasteiger partial charge on any atom is 0.338 e. The first-order chi connectivity index (χ1) is 9.86. The Labute approximate surface area is 136 Å². The van der Waals surface area contributed by atoms with E-state index in [1.165, 1.54) is 18.4 Å². The average molecular weight is 373 g/mol. The Morgan fingerprint density at radius 2 is 2.19 bits per heavy atom. The number of amides is 2. The van der Waals surface area contributed by atoms with Crippen molar-refractivity contribution in [3.63, 3.8) is 0 Å². The summed E-state index contributed by atoms with van der Waals surface area (Å²) in [6, 6.07) is 1.18. The van der Waals surface area contributed by atoms with E-state index >= 15 is 0 Å². The Balaban J connectivity index is 2.55. The molecule has 2 amide bonds. The molecule has 0 saturated carbocycles. The summed E-state index contributed by atoms with van der Waals surface area (Å²) < 4.78 is 5.82. The van der Waals surface area contributed by atoms with Crippen LogP contribution in [0, 0.1) is 0 Å². The molecule has 1 aromatic heterocycles. The minimum Gasteiger partial charge on any atom is -0.466 e. The molecule has 0 saturated heterocycles. The van der Waals surface area contributed by atoms with E-state index in [1.54, 1.807) is 11.8 Å². The smallest absolute Gasteiger partial charge is 0.338 e. The zero-order valence-electron chi connectivity index (χ0n) is 12.3. The van der Waals surface area contributed by atoms with Crippen LogP contribution in [0.4, 0.5) is 4.79 Å². The lowest BCUT2D eigenvalue weighted by Gasteiger charge is -2.36. The second-order valence-electron chi connectivity index (χ2n) is 5.00. The van der Waals surface area contributed by atoms with Gasteiger partial charge in [-0.25, -0.2) is 9.59 Å². The molecule has 1 aromatic rings. The summed E-state index contributed by atoms with van der Waals surface area (Å²) in [6.45, 7) is 5.58. The van der Waals surface area contributed by atoms with Crippen molar-refractivity contribution in [3.05, 3.63) is 32.1 Å². The Kier molecular flexibility index (Phi) is 4.73. The van der Waals surface area contributed by atoms with Crippen LogP contribution < -0.4 is 5.32 Å². The fraction of sp³-hybridized carbons (Fsp3) is 0.429. The van der Waals surface area contributed by atoms with Crippen molar-refractivity contribution in [1.82, 2.24) is 10.2 Å². The van der Waals surface area contributed by atoms with Gasteiger partial charge in [0.05, 0.1) is 18.7 Å². The number of carbonyl (C=O) groups excluding carboxylic acids is 2.